The molecular formula is C9H16NOP. The van der Waals surface area contributed by atoms with Crippen molar-refractivity contribution in [3.8, 4) is 0 Å². The second-order valence-corrected chi connectivity index (χ2v) is 8.30. The fourth-order valence-electron chi connectivity index (χ4n) is 0.827. The van der Waals surface area contributed by atoms with E-state index in [2.05, 4.69) is 32.2 Å². The molecule has 2 nitrogen and oxygen atoms in total. The smallest absolute Gasteiger partial charge is 0.198 e. The van der Waals surface area contributed by atoms with Gasteiger partial charge in [-0.25, -0.2) is 4.98 Å². The van der Waals surface area contributed by atoms with Gasteiger partial charge in [0.1, 0.15) is 6.26 Å². The highest BCUT2D eigenvalue weighted by atomic mass is 31.2. The molecule has 0 atom stereocenters. The summed E-state index contributed by atoms with van der Waals surface area (Å²) in [4.78, 5) is 4.13. The first-order valence-corrected chi connectivity index (χ1v) is 6.91. The zero-order chi connectivity index (χ0) is 9.19. The van der Waals surface area contributed by atoms with Gasteiger partial charge in [-0.1, -0.05) is 5.29 Å². The first kappa shape index (κ1) is 9.60. The van der Waals surface area contributed by atoms with E-state index in [0.717, 1.165) is 12.1 Å². The molecule has 0 N–H and O–H groups in total. The molecule has 0 aliphatic heterocycles. The van der Waals surface area contributed by atoms with Crippen molar-refractivity contribution in [2.24, 2.45) is 0 Å². The fraction of sp³-hybridized carbons (Fsp3) is 0.556. The van der Waals surface area contributed by atoms with Gasteiger partial charge in [0, 0.05) is 6.16 Å². The highest BCUT2D eigenvalue weighted by molar-refractivity contribution is 7.74. The van der Waals surface area contributed by atoms with Crippen LogP contribution in [0.3, 0.4) is 0 Å². The Hall–Kier alpha value is -0.490. The van der Waals surface area contributed by atoms with Gasteiger partial charge in [0.15, 0.2) is 5.89 Å². The SMILES string of the molecule is CC(C)=P(C)(C)Cc1ncco1. The van der Waals surface area contributed by atoms with Crippen molar-refractivity contribution in [2.45, 2.75) is 20.0 Å². The topological polar surface area (TPSA) is 26.0 Å². The molecule has 0 spiro atoms. The average molecular weight is 185 g/mol. The summed E-state index contributed by atoms with van der Waals surface area (Å²) < 4.78 is 5.22. The summed E-state index contributed by atoms with van der Waals surface area (Å²) in [6.45, 7) is 8.06. The summed E-state index contributed by atoms with van der Waals surface area (Å²) in [5, 5.41) is 1.51. The Labute approximate surface area is 74.0 Å². The first-order valence-electron chi connectivity index (χ1n) is 4.04. The third kappa shape index (κ3) is 2.25. The van der Waals surface area contributed by atoms with Crippen LogP contribution in [0.2, 0.25) is 0 Å². The van der Waals surface area contributed by atoms with Gasteiger partial charge in [0.2, 0.25) is 0 Å². The largest absolute Gasteiger partial charge is 0.449 e. The monoisotopic (exact) mass is 185 g/mol. The number of hydrogen-bond acceptors (Lipinski definition) is 2. The lowest BCUT2D eigenvalue weighted by atomic mass is 10.6. The van der Waals surface area contributed by atoms with Crippen molar-refractivity contribution < 1.29 is 4.42 Å². The molecule has 0 bridgehead atoms. The van der Waals surface area contributed by atoms with Crippen LogP contribution in [-0.4, -0.2) is 23.6 Å². The second-order valence-electron chi connectivity index (χ2n) is 3.72. The van der Waals surface area contributed by atoms with Gasteiger partial charge in [-0.2, -0.15) is 0 Å². The normalized spacial score (nSPS) is 11.7. The minimum absolute atomic E-state index is 0.870. The van der Waals surface area contributed by atoms with Crippen LogP contribution in [-0.2, 0) is 6.16 Å². The lowest BCUT2D eigenvalue weighted by molar-refractivity contribution is 0.516. The van der Waals surface area contributed by atoms with Gasteiger partial charge >= 0.3 is 0 Å². The molecule has 0 aliphatic carbocycles. The van der Waals surface area contributed by atoms with Crippen molar-refractivity contribution in [2.75, 3.05) is 13.3 Å². The van der Waals surface area contributed by atoms with E-state index in [0.29, 0.717) is 0 Å². The Morgan fingerprint density at radius 3 is 2.58 bits per heavy atom. The molecule has 0 unspecified atom stereocenters. The van der Waals surface area contributed by atoms with Crippen molar-refractivity contribution in [3.63, 3.8) is 0 Å². The van der Waals surface area contributed by atoms with E-state index in [1.54, 1.807) is 12.5 Å². The number of oxazole rings is 1. The molecule has 0 fully saturated rings. The lowest BCUT2D eigenvalue weighted by Gasteiger charge is -2.15. The minimum Gasteiger partial charge on any atom is -0.449 e. The molecule has 0 radical (unpaired) electrons. The summed E-state index contributed by atoms with van der Waals surface area (Å²) in [5.74, 6) is 0.870. The van der Waals surface area contributed by atoms with E-state index in [1.807, 2.05) is 0 Å². The van der Waals surface area contributed by atoms with Crippen LogP contribution in [0, 0.1) is 0 Å². The van der Waals surface area contributed by atoms with E-state index >= 15 is 0 Å². The van der Waals surface area contributed by atoms with E-state index in [4.69, 9.17) is 4.42 Å². The molecular weight excluding hydrogens is 169 g/mol. The molecule has 3 heteroatoms. The maximum atomic E-state index is 5.22. The molecule has 1 heterocycles. The van der Waals surface area contributed by atoms with Gasteiger partial charge in [0.05, 0.1) is 6.20 Å². The van der Waals surface area contributed by atoms with E-state index in [-0.39, 0.29) is 0 Å². The van der Waals surface area contributed by atoms with Gasteiger partial charge in [-0.3, -0.25) is 0 Å². The number of rotatable bonds is 2. The lowest BCUT2D eigenvalue weighted by Crippen LogP contribution is -1.94. The Bertz CT molecular complexity index is 290. The quantitative estimate of drug-likeness (QED) is 0.662. The summed E-state index contributed by atoms with van der Waals surface area (Å²) >= 11 is 0. The molecule has 0 saturated carbocycles. The maximum Gasteiger partial charge on any atom is 0.198 e. The Kier molecular flexibility index (Phi) is 2.79. The molecule has 0 amide bonds. The fourth-order valence-corrected chi connectivity index (χ4v) is 1.98. The zero-order valence-electron chi connectivity index (χ0n) is 8.16. The summed E-state index contributed by atoms with van der Waals surface area (Å²) in [6, 6.07) is 0. The summed E-state index contributed by atoms with van der Waals surface area (Å²) in [5.41, 5.74) is 0. The highest BCUT2D eigenvalue weighted by Crippen LogP contribution is 2.43. The van der Waals surface area contributed by atoms with Crippen LogP contribution in [0.25, 0.3) is 0 Å². The molecule has 0 aliphatic rings. The van der Waals surface area contributed by atoms with Crippen LogP contribution in [0.1, 0.15) is 19.7 Å². The van der Waals surface area contributed by atoms with E-state index in [1.165, 1.54) is 5.29 Å². The number of nitrogens with zero attached hydrogens (tertiary/aromatic N) is 1. The van der Waals surface area contributed by atoms with Gasteiger partial charge in [-0.15, -0.1) is 6.89 Å². The Morgan fingerprint density at radius 2 is 2.17 bits per heavy atom. The third-order valence-electron chi connectivity index (χ3n) is 2.22. The van der Waals surface area contributed by atoms with Crippen LogP contribution in [0.4, 0.5) is 0 Å². The zero-order valence-corrected chi connectivity index (χ0v) is 9.06. The standard InChI is InChI=1S/C9H16NOP/c1-8(2)12(3,4)7-9-10-5-6-11-9/h5-6H,7H2,1-4H3. The van der Waals surface area contributed by atoms with Crippen molar-refractivity contribution >= 4 is 12.2 Å². The molecule has 68 valence electrons. The first-order chi connectivity index (χ1) is 5.52. The molecule has 12 heavy (non-hydrogen) atoms. The number of hydrogen-bond donors (Lipinski definition) is 0. The molecule has 1 rings (SSSR count). The Balaban J connectivity index is 2.83. The molecule has 0 saturated heterocycles. The van der Waals surface area contributed by atoms with Gasteiger partial charge in [0.25, 0.3) is 0 Å². The van der Waals surface area contributed by atoms with Crippen LogP contribution >= 0.6 is 6.89 Å². The van der Waals surface area contributed by atoms with Crippen molar-refractivity contribution in [1.82, 2.24) is 4.98 Å². The van der Waals surface area contributed by atoms with Gasteiger partial charge < -0.3 is 4.42 Å². The van der Waals surface area contributed by atoms with Crippen LogP contribution in [0.5, 0.6) is 0 Å². The third-order valence-corrected chi connectivity index (χ3v) is 5.71. The maximum absolute atomic E-state index is 5.22. The molecule has 1 aromatic rings. The average Bonchev–Trinajstić information content (AvgIpc) is 2.38. The Morgan fingerprint density at radius 1 is 1.50 bits per heavy atom. The van der Waals surface area contributed by atoms with Crippen molar-refractivity contribution in [3.05, 3.63) is 18.4 Å². The predicted molar refractivity (Wildman–Crippen MR) is 55.3 cm³/mol. The highest BCUT2D eigenvalue weighted by Gasteiger charge is 2.09. The second kappa shape index (κ2) is 3.49. The van der Waals surface area contributed by atoms with Crippen molar-refractivity contribution in [1.29, 1.82) is 0 Å². The van der Waals surface area contributed by atoms with E-state index < -0.39 is 6.89 Å². The molecule has 0 aromatic carbocycles. The summed E-state index contributed by atoms with van der Waals surface area (Å²) in [7, 11) is 0. The van der Waals surface area contributed by atoms with E-state index in [9.17, 15) is 0 Å². The minimum atomic E-state index is -0.943. The van der Waals surface area contributed by atoms with Crippen LogP contribution in [0.15, 0.2) is 16.9 Å². The molecule has 1 aromatic heterocycles. The number of aromatic nitrogens is 1. The van der Waals surface area contributed by atoms with Gasteiger partial charge in [-0.05, 0) is 27.2 Å². The van der Waals surface area contributed by atoms with Crippen LogP contribution < -0.4 is 0 Å². The predicted octanol–water partition coefficient (Wildman–Crippen LogP) is 2.66. The summed E-state index contributed by atoms with van der Waals surface area (Å²) in [6.07, 6.45) is 4.34.